The lowest BCUT2D eigenvalue weighted by Gasteiger charge is -2.48. The molecule has 1 saturated heterocycles. The summed E-state index contributed by atoms with van der Waals surface area (Å²) in [4.78, 5) is 12.3. The van der Waals surface area contributed by atoms with Crippen LogP contribution in [0.15, 0.2) is 66.7 Å². The summed E-state index contributed by atoms with van der Waals surface area (Å²) in [7, 11) is 0. The maximum absolute atomic E-state index is 6.62. The van der Waals surface area contributed by atoms with Crippen LogP contribution in [0.3, 0.4) is 0 Å². The van der Waals surface area contributed by atoms with Crippen molar-refractivity contribution in [2.24, 2.45) is 0 Å². The summed E-state index contributed by atoms with van der Waals surface area (Å²) in [5, 5.41) is 0. The van der Waals surface area contributed by atoms with Crippen molar-refractivity contribution in [2.75, 3.05) is 0 Å². The molecule has 0 radical (unpaired) electrons. The standard InChI is InChI=1S/C23H24O3/c1-4-10-18(11-5-1)19-16-21-23(17-19,20-12-6-2-7-13-20)26-25-22(24-21)14-8-3-9-15-22/h1-2,4-7,10-13,16,21H,3,8-9,14-15,17H2/t21-,23-/m1/s1. The highest BCUT2D eigenvalue weighted by Crippen LogP contribution is 2.53. The zero-order valence-corrected chi connectivity index (χ0v) is 14.9. The fourth-order valence-electron chi connectivity index (χ4n) is 4.54. The molecule has 1 spiro atoms. The molecule has 0 amide bonds. The van der Waals surface area contributed by atoms with E-state index in [0.29, 0.717) is 0 Å². The molecule has 2 aromatic carbocycles. The predicted molar refractivity (Wildman–Crippen MR) is 100 cm³/mol. The molecule has 1 saturated carbocycles. The topological polar surface area (TPSA) is 27.7 Å². The Kier molecular flexibility index (Phi) is 3.96. The Balaban J connectivity index is 1.54. The van der Waals surface area contributed by atoms with Gasteiger partial charge in [0.2, 0.25) is 5.79 Å². The van der Waals surface area contributed by atoms with Crippen molar-refractivity contribution in [3.8, 4) is 0 Å². The Morgan fingerprint density at radius 3 is 2.19 bits per heavy atom. The molecule has 2 aromatic rings. The van der Waals surface area contributed by atoms with Gasteiger partial charge in [-0.25, -0.2) is 9.78 Å². The highest BCUT2D eigenvalue weighted by Gasteiger charge is 2.56. The van der Waals surface area contributed by atoms with Crippen molar-refractivity contribution >= 4 is 5.57 Å². The van der Waals surface area contributed by atoms with E-state index >= 15 is 0 Å². The van der Waals surface area contributed by atoms with Gasteiger partial charge in [-0.15, -0.1) is 0 Å². The fourth-order valence-corrected chi connectivity index (χ4v) is 4.54. The molecule has 3 aliphatic rings. The average Bonchev–Trinajstić information content (AvgIpc) is 3.10. The molecule has 134 valence electrons. The largest absolute Gasteiger partial charge is 0.336 e. The zero-order valence-electron chi connectivity index (χ0n) is 14.9. The third kappa shape index (κ3) is 2.62. The molecule has 0 unspecified atom stereocenters. The number of hydrogen-bond acceptors (Lipinski definition) is 3. The van der Waals surface area contributed by atoms with Gasteiger partial charge >= 0.3 is 0 Å². The van der Waals surface area contributed by atoms with Crippen molar-refractivity contribution < 1.29 is 14.5 Å². The van der Waals surface area contributed by atoms with E-state index in [4.69, 9.17) is 14.5 Å². The second kappa shape index (κ2) is 6.34. The molecule has 26 heavy (non-hydrogen) atoms. The van der Waals surface area contributed by atoms with Gasteiger partial charge in [0, 0.05) is 19.3 Å². The second-order valence-corrected chi connectivity index (χ2v) is 7.67. The average molecular weight is 348 g/mol. The quantitative estimate of drug-likeness (QED) is 0.682. The molecule has 5 rings (SSSR count). The smallest absolute Gasteiger partial charge is 0.202 e. The van der Waals surface area contributed by atoms with E-state index in [2.05, 4.69) is 54.6 Å². The first-order chi connectivity index (χ1) is 12.8. The number of ether oxygens (including phenoxy) is 1. The van der Waals surface area contributed by atoms with E-state index in [0.717, 1.165) is 37.7 Å². The third-order valence-electron chi connectivity index (χ3n) is 5.97. The minimum absolute atomic E-state index is 0.132. The Morgan fingerprint density at radius 2 is 1.46 bits per heavy atom. The van der Waals surface area contributed by atoms with Crippen molar-refractivity contribution in [3.63, 3.8) is 0 Å². The number of fused-ring (bicyclic) bond motifs is 1. The van der Waals surface area contributed by atoms with Crippen molar-refractivity contribution in [1.82, 2.24) is 0 Å². The summed E-state index contributed by atoms with van der Waals surface area (Å²) in [6.45, 7) is 0. The van der Waals surface area contributed by atoms with E-state index in [1.165, 1.54) is 17.6 Å². The monoisotopic (exact) mass is 348 g/mol. The lowest BCUT2D eigenvalue weighted by atomic mass is 9.86. The molecule has 0 N–H and O–H groups in total. The van der Waals surface area contributed by atoms with Gasteiger partial charge in [0.25, 0.3) is 0 Å². The maximum atomic E-state index is 6.62. The lowest BCUT2D eigenvalue weighted by Crippen LogP contribution is -2.54. The molecule has 2 aliphatic carbocycles. The first-order valence-electron chi connectivity index (χ1n) is 9.66. The van der Waals surface area contributed by atoms with Gasteiger partial charge in [0.1, 0.15) is 6.10 Å². The van der Waals surface area contributed by atoms with Gasteiger partial charge in [0.05, 0.1) is 0 Å². The van der Waals surface area contributed by atoms with Crippen LogP contribution in [0.1, 0.15) is 49.7 Å². The first kappa shape index (κ1) is 16.2. The Bertz CT molecular complexity index is 793. The Hall–Kier alpha value is -1.94. The Morgan fingerprint density at radius 1 is 0.769 bits per heavy atom. The van der Waals surface area contributed by atoms with E-state index in [-0.39, 0.29) is 6.10 Å². The van der Waals surface area contributed by atoms with Gasteiger partial charge < -0.3 is 4.74 Å². The van der Waals surface area contributed by atoms with Gasteiger partial charge in [-0.05, 0) is 35.6 Å². The summed E-state index contributed by atoms with van der Waals surface area (Å²) in [5.74, 6) is -0.580. The minimum Gasteiger partial charge on any atom is -0.336 e. The van der Waals surface area contributed by atoms with Crippen LogP contribution in [0.25, 0.3) is 5.57 Å². The molecule has 2 fully saturated rings. The highest BCUT2D eigenvalue weighted by atomic mass is 17.2. The summed E-state index contributed by atoms with van der Waals surface area (Å²) < 4.78 is 6.62. The summed E-state index contributed by atoms with van der Waals surface area (Å²) >= 11 is 0. The fraction of sp³-hybridized carbons (Fsp3) is 0.391. The van der Waals surface area contributed by atoms with Crippen LogP contribution in [-0.2, 0) is 20.1 Å². The first-order valence-corrected chi connectivity index (χ1v) is 9.66. The normalized spacial score (nSPS) is 30.0. The van der Waals surface area contributed by atoms with Crippen molar-refractivity contribution in [3.05, 3.63) is 77.9 Å². The van der Waals surface area contributed by atoms with E-state index in [1.54, 1.807) is 0 Å². The Labute approximate surface area is 154 Å². The van der Waals surface area contributed by atoms with E-state index in [9.17, 15) is 0 Å². The van der Waals surface area contributed by atoms with Crippen molar-refractivity contribution in [1.29, 1.82) is 0 Å². The van der Waals surface area contributed by atoms with Gasteiger partial charge in [-0.2, -0.15) is 0 Å². The second-order valence-electron chi connectivity index (χ2n) is 7.67. The highest BCUT2D eigenvalue weighted by molar-refractivity contribution is 5.70. The number of rotatable bonds is 2. The van der Waals surface area contributed by atoms with E-state index < -0.39 is 11.4 Å². The molecule has 0 aromatic heterocycles. The number of hydrogen-bond donors (Lipinski definition) is 0. The molecule has 3 nitrogen and oxygen atoms in total. The maximum Gasteiger partial charge on any atom is 0.202 e. The number of benzene rings is 2. The molecule has 0 bridgehead atoms. The van der Waals surface area contributed by atoms with Crippen LogP contribution in [0.5, 0.6) is 0 Å². The minimum atomic E-state index is -0.602. The summed E-state index contributed by atoms with van der Waals surface area (Å²) in [6.07, 6.45) is 8.18. The van der Waals surface area contributed by atoms with Crippen LogP contribution in [0, 0.1) is 0 Å². The molecule has 1 heterocycles. The van der Waals surface area contributed by atoms with Crippen LogP contribution in [-0.4, -0.2) is 11.9 Å². The van der Waals surface area contributed by atoms with Gasteiger partial charge in [0.15, 0.2) is 5.60 Å². The van der Waals surface area contributed by atoms with Crippen LogP contribution in [0.2, 0.25) is 0 Å². The summed E-state index contributed by atoms with van der Waals surface area (Å²) in [6, 6.07) is 20.9. The lowest BCUT2D eigenvalue weighted by molar-refractivity contribution is -0.530. The van der Waals surface area contributed by atoms with Crippen LogP contribution >= 0.6 is 0 Å². The molecular weight excluding hydrogens is 324 g/mol. The molecule has 2 atom stereocenters. The van der Waals surface area contributed by atoms with Gasteiger partial charge in [-0.3, -0.25) is 0 Å². The molecular formula is C23H24O3. The van der Waals surface area contributed by atoms with Gasteiger partial charge in [-0.1, -0.05) is 67.1 Å². The molecule has 1 aliphatic heterocycles. The third-order valence-corrected chi connectivity index (χ3v) is 5.97. The van der Waals surface area contributed by atoms with Crippen LogP contribution in [0.4, 0.5) is 0 Å². The SMILES string of the molecule is C1=C(c2ccccc2)C[C@]2(c3ccccc3)OOC3(CCCCC3)O[C@H]12. The molecule has 3 heteroatoms. The van der Waals surface area contributed by atoms with Crippen LogP contribution < -0.4 is 0 Å². The van der Waals surface area contributed by atoms with E-state index in [1.807, 2.05) is 12.1 Å². The summed E-state index contributed by atoms with van der Waals surface area (Å²) in [5.41, 5.74) is 2.99. The predicted octanol–water partition coefficient (Wildman–Crippen LogP) is 5.38. The zero-order chi connectivity index (χ0) is 17.5. The van der Waals surface area contributed by atoms with Crippen molar-refractivity contribution in [2.45, 2.75) is 56.0 Å².